The number of nitrogens with one attached hydrogen (secondary N) is 1. The molecule has 25 heavy (non-hydrogen) atoms. The molecule has 1 aliphatic heterocycles. The van der Waals surface area contributed by atoms with Gasteiger partial charge in [0.25, 0.3) is 5.91 Å². The summed E-state index contributed by atoms with van der Waals surface area (Å²) >= 11 is 0. The number of para-hydroxylation sites is 1. The number of likely N-dealkylation sites (tertiary alicyclic amines) is 1. The predicted molar refractivity (Wildman–Crippen MR) is 91.8 cm³/mol. The number of methoxy groups -OCH3 is 1. The first-order valence-electron chi connectivity index (χ1n) is 8.06. The van der Waals surface area contributed by atoms with Gasteiger partial charge in [-0.1, -0.05) is 24.3 Å². The third kappa shape index (κ3) is 3.79. The first kappa shape index (κ1) is 17.0. The summed E-state index contributed by atoms with van der Waals surface area (Å²) in [6.07, 6.45) is 0.601. The normalized spacial score (nSPS) is 17.0. The van der Waals surface area contributed by atoms with Crippen LogP contribution in [0, 0.1) is 5.82 Å². The zero-order valence-corrected chi connectivity index (χ0v) is 13.9. The van der Waals surface area contributed by atoms with Crippen LogP contribution < -0.4 is 10.1 Å². The van der Waals surface area contributed by atoms with Crippen molar-refractivity contribution in [1.29, 1.82) is 0 Å². The molecule has 0 radical (unpaired) electrons. The maximum Gasteiger partial charge on any atom is 0.252 e. The number of hydrogen-bond donors (Lipinski definition) is 1. The van der Waals surface area contributed by atoms with E-state index in [9.17, 15) is 14.0 Å². The summed E-state index contributed by atoms with van der Waals surface area (Å²) in [6.45, 7) is 0.305. The van der Waals surface area contributed by atoms with Crippen LogP contribution in [0.3, 0.4) is 0 Å². The molecule has 5 nitrogen and oxygen atoms in total. The number of carbonyl (C=O) groups excluding carboxylic acids is 2. The lowest BCUT2D eigenvalue weighted by Crippen LogP contribution is -2.36. The fraction of sp³-hybridized carbons (Fsp3) is 0.263. The average Bonchev–Trinajstić information content (AvgIpc) is 2.89. The van der Waals surface area contributed by atoms with Gasteiger partial charge >= 0.3 is 0 Å². The second-order valence-electron chi connectivity index (χ2n) is 5.86. The van der Waals surface area contributed by atoms with Crippen LogP contribution in [0.15, 0.2) is 48.5 Å². The highest BCUT2D eigenvalue weighted by Gasteiger charge is 2.38. The standard InChI is InChI=1S/C19H19FN2O3/c1-25-14-8-6-13(7-9-14)10-11-22-18(23)12-17(19(22)24)21-16-5-3-2-4-15(16)20/h2-9,17,21H,10-12H2,1H3. The number of nitrogens with zero attached hydrogens (tertiary/aromatic N) is 1. The molecule has 0 spiro atoms. The van der Waals surface area contributed by atoms with E-state index in [4.69, 9.17) is 4.74 Å². The van der Waals surface area contributed by atoms with Crippen LogP contribution >= 0.6 is 0 Å². The van der Waals surface area contributed by atoms with Gasteiger partial charge in [0, 0.05) is 6.54 Å². The van der Waals surface area contributed by atoms with Crippen LogP contribution in [-0.4, -0.2) is 36.4 Å². The molecule has 2 amide bonds. The number of benzene rings is 2. The molecule has 130 valence electrons. The topological polar surface area (TPSA) is 58.6 Å². The number of anilines is 1. The van der Waals surface area contributed by atoms with Gasteiger partial charge < -0.3 is 10.1 Å². The Morgan fingerprint density at radius 3 is 2.56 bits per heavy atom. The summed E-state index contributed by atoms with van der Waals surface area (Å²) < 4.78 is 18.8. The van der Waals surface area contributed by atoms with Gasteiger partial charge in [0.15, 0.2) is 0 Å². The van der Waals surface area contributed by atoms with Gasteiger partial charge in [-0.2, -0.15) is 0 Å². The van der Waals surface area contributed by atoms with Crippen molar-refractivity contribution in [3.63, 3.8) is 0 Å². The highest BCUT2D eigenvalue weighted by atomic mass is 19.1. The number of hydrogen-bond acceptors (Lipinski definition) is 4. The molecule has 1 atom stereocenters. The maximum atomic E-state index is 13.7. The Labute approximate surface area is 145 Å². The van der Waals surface area contributed by atoms with Crippen LogP contribution in [0.1, 0.15) is 12.0 Å². The summed E-state index contributed by atoms with van der Waals surface area (Å²) in [5.41, 5.74) is 1.23. The van der Waals surface area contributed by atoms with E-state index in [1.165, 1.54) is 11.0 Å². The Kier molecular flexibility index (Phi) is 4.97. The SMILES string of the molecule is COc1ccc(CCN2C(=O)CC(Nc3ccccc3F)C2=O)cc1. The highest BCUT2D eigenvalue weighted by molar-refractivity contribution is 6.06. The van der Waals surface area contributed by atoms with E-state index in [0.717, 1.165) is 11.3 Å². The predicted octanol–water partition coefficient (Wildman–Crippen LogP) is 2.62. The lowest BCUT2D eigenvalue weighted by molar-refractivity contribution is -0.138. The number of carbonyl (C=O) groups is 2. The number of imide groups is 1. The molecule has 0 bridgehead atoms. The smallest absolute Gasteiger partial charge is 0.252 e. The number of ether oxygens (including phenoxy) is 1. The van der Waals surface area contributed by atoms with E-state index in [1.54, 1.807) is 25.3 Å². The molecular weight excluding hydrogens is 323 g/mol. The molecule has 0 saturated carbocycles. The molecule has 1 fully saturated rings. The first-order chi connectivity index (χ1) is 12.1. The summed E-state index contributed by atoms with van der Waals surface area (Å²) in [5.74, 6) is -0.250. The fourth-order valence-electron chi connectivity index (χ4n) is 2.83. The van der Waals surface area contributed by atoms with Gasteiger partial charge in [-0.05, 0) is 36.2 Å². The molecule has 1 N–H and O–H groups in total. The number of rotatable bonds is 6. The molecular formula is C19H19FN2O3. The second kappa shape index (κ2) is 7.34. The Morgan fingerprint density at radius 2 is 1.88 bits per heavy atom. The Bertz CT molecular complexity index is 776. The molecule has 1 unspecified atom stereocenters. The van der Waals surface area contributed by atoms with E-state index in [-0.39, 0.29) is 23.9 Å². The van der Waals surface area contributed by atoms with E-state index in [2.05, 4.69) is 5.32 Å². The highest BCUT2D eigenvalue weighted by Crippen LogP contribution is 2.21. The molecule has 3 rings (SSSR count). The Balaban J connectivity index is 1.62. The van der Waals surface area contributed by atoms with Crippen LogP contribution in [-0.2, 0) is 16.0 Å². The quantitative estimate of drug-likeness (QED) is 0.820. The van der Waals surface area contributed by atoms with Gasteiger partial charge in [-0.15, -0.1) is 0 Å². The zero-order chi connectivity index (χ0) is 17.8. The molecule has 6 heteroatoms. The van der Waals surface area contributed by atoms with E-state index >= 15 is 0 Å². The van der Waals surface area contributed by atoms with Crippen molar-refractivity contribution in [1.82, 2.24) is 4.90 Å². The molecule has 1 aliphatic rings. The largest absolute Gasteiger partial charge is 0.497 e. The molecule has 0 aromatic heterocycles. The van der Waals surface area contributed by atoms with Crippen molar-refractivity contribution in [3.8, 4) is 5.75 Å². The lowest BCUT2D eigenvalue weighted by atomic mass is 10.1. The van der Waals surface area contributed by atoms with Crippen LogP contribution in [0.2, 0.25) is 0 Å². The first-order valence-corrected chi connectivity index (χ1v) is 8.06. The van der Waals surface area contributed by atoms with Gasteiger partial charge in [0.05, 0.1) is 19.2 Å². The van der Waals surface area contributed by atoms with Crippen LogP contribution in [0.25, 0.3) is 0 Å². The Morgan fingerprint density at radius 1 is 1.16 bits per heavy atom. The summed E-state index contributed by atoms with van der Waals surface area (Å²) in [7, 11) is 1.60. The molecule has 2 aromatic carbocycles. The van der Waals surface area contributed by atoms with Gasteiger partial charge in [-0.25, -0.2) is 4.39 Å². The number of amides is 2. The lowest BCUT2D eigenvalue weighted by Gasteiger charge is -2.16. The van der Waals surface area contributed by atoms with Crippen molar-refractivity contribution in [2.24, 2.45) is 0 Å². The Hall–Kier alpha value is -2.89. The molecule has 2 aromatic rings. The summed E-state index contributed by atoms with van der Waals surface area (Å²) in [6, 6.07) is 12.9. The molecule has 1 heterocycles. The minimum absolute atomic E-state index is 0.0375. The fourth-order valence-corrected chi connectivity index (χ4v) is 2.83. The molecule has 0 aliphatic carbocycles. The third-order valence-corrected chi connectivity index (χ3v) is 4.23. The van der Waals surface area contributed by atoms with Gasteiger partial charge in [0.2, 0.25) is 5.91 Å². The van der Waals surface area contributed by atoms with Crippen LogP contribution in [0.4, 0.5) is 10.1 Å². The minimum Gasteiger partial charge on any atom is -0.497 e. The van der Waals surface area contributed by atoms with E-state index < -0.39 is 11.9 Å². The van der Waals surface area contributed by atoms with Crippen molar-refractivity contribution in [3.05, 3.63) is 59.9 Å². The monoisotopic (exact) mass is 342 g/mol. The van der Waals surface area contributed by atoms with E-state index in [1.807, 2.05) is 24.3 Å². The van der Waals surface area contributed by atoms with E-state index in [0.29, 0.717) is 13.0 Å². The zero-order valence-electron chi connectivity index (χ0n) is 13.9. The minimum atomic E-state index is -0.722. The summed E-state index contributed by atoms with van der Waals surface area (Å²) in [4.78, 5) is 25.8. The van der Waals surface area contributed by atoms with Crippen molar-refractivity contribution in [2.75, 3.05) is 19.0 Å². The molecule has 1 saturated heterocycles. The van der Waals surface area contributed by atoms with Gasteiger partial charge in [0.1, 0.15) is 17.6 Å². The number of halogens is 1. The van der Waals surface area contributed by atoms with Gasteiger partial charge in [-0.3, -0.25) is 14.5 Å². The maximum absolute atomic E-state index is 13.7. The third-order valence-electron chi connectivity index (χ3n) is 4.23. The average molecular weight is 342 g/mol. The second-order valence-corrected chi connectivity index (χ2v) is 5.86. The van der Waals surface area contributed by atoms with Crippen molar-refractivity contribution < 1.29 is 18.7 Å². The summed E-state index contributed by atoms with van der Waals surface area (Å²) in [5, 5.41) is 2.83. The van der Waals surface area contributed by atoms with Crippen molar-refractivity contribution >= 4 is 17.5 Å². The van der Waals surface area contributed by atoms with Crippen LogP contribution in [0.5, 0.6) is 5.75 Å². The van der Waals surface area contributed by atoms with Crippen molar-refractivity contribution in [2.45, 2.75) is 18.9 Å².